The first-order valence-corrected chi connectivity index (χ1v) is 5.06. The summed E-state index contributed by atoms with van der Waals surface area (Å²) in [6, 6.07) is 2.85. The van der Waals surface area contributed by atoms with E-state index < -0.39 is 17.8 Å². The Morgan fingerprint density at radius 1 is 1.29 bits per heavy atom. The number of benzene rings is 1. The van der Waals surface area contributed by atoms with Crippen molar-refractivity contribution in [3.05, 3.63) is 34.3 Å². The molecule has 0 amide bonds. The third-order valence-corrected chi connectivity index (χ3v) is 2.43. The predicted octanol–water partition coefficient (Wildman–Crippen LogP) is 3.13. The molecule has 17 heavy (non-hydrogen) atoms. The normalized spacial score (nSPS) is 13.1. The van der Waals surface area contributed by atoms with Crippen LogP contribution in [0.1, 0.15) is 23.6 Å². The number of alkyl halides is 3. The summed E-state index contributed by atoms with van der Waals surface area (Å²) in [5.41, 5.74) is 10.1. The fraction of sp³-hybridized carbons (Fsp3) is 0.400. The second-order valence-corrected chi connectivity index (χ2v) is 3.85. The van der Waals surface area contributed by atoms with Crippen molar-refractivity contribution in [3.63, 3.8) is 0 Å². The van der Waals surface area contributed by atoms with Crippen LogP contribution < -0.4 is 11.5 Å². The van der Waals surface area contributed by atoms with Crippen molar-refractivity contribution in [1.82, 2.24) is 0 Å². The summed E-state index contributed by atoms with van der Waals surface area (Å²) >= 11 is 5.54. The molecule has 1 aromatic carbocycles. The van der Waals surface area contributed by atoms with Gasteiger partial charge in [-0.2, -0.15) is 13.2 Å². The van der Waals surface area contributed by atoms with Gasteiger partial charge in [0.15, 0.2) is 0 Å². The molecule has 1 rings (SSSR count). The molecule has 0 spiro atoms. The lowest BCUT2D eigenvalue weighted by Crippen LogP contribution is -2.20. The molecule has 0 aliphatic rings. The second-order valence-electron chi connectivity index (χ2n) is 3.41. The molecule has 0 saturated carbocycles. The zero-order valence-corrected chi connectivity index (χ0v) is 10.4. The summed E-state index contributed by atoms with van der Waals surface area (Å²) in [5, 5.41) is 0.0380. The van der Waals surface area contributed by atoms with Gasteiger partial charge in [0.25, 0.3) is 0 Å². The molecule has 1 aromatic rings. The fourth-order valence-electron chi connectivity index (χ4n) is 1.43. The van der Waals surface area contributed by atoms with Crippen LogP contribution >= 0.6 is 24.0 Å². The SMILES string of the molecule is Cl.NCC[C@@H](N)c1ccc(Cl)cc1C(F)(F)F. The molecule has 0 aliphatic carbocycles. The molecule has 0 unspecified atom stereocenters. The van der Waals surface area contributed by atoms with Crippen LogP contribution in [0.15, 0.2) is 18.2 Å². The van der Waals surface area contributed by atoms with E-state index in [1.165, 1.54) is 12.1 Å². The molecule has 0 aliphatic heterocycles. The zero-order valence-electron chi connectivity index (χ0n) is 8.80. The van der Waals surface area contributed by atoms with Crippen molar-refractivity contribution in [1.29, 1.82) is 0 Å². The van der Waals surface area contributed by atoms with E-state index >= 15 is 0 Å². The summed E-state index contributed by atoms with van der Waals surface area (Å²) in [5.74, 6) is 0. The first kappa shape index (κ1) is 16.5. The average Bonchev–Trinajstić information content (AvgIpc) is 2.16. The van der Waals surface area contributed by atoms with Crippen molar-refractivity contribution in [2.45, 2.75) is 18.6 Å². The Morgan fingerprint density at radius 2 is 1.88 bits per heavy atom. The van der Waals surface area contributed by atoms with Gasteiger partial charge in [-0.25, -0.2) is 0 Å². The number of rotatable bonds is 3. The van der Waals surface area contributed by atoms with Gasteiger partial charge in [0.05, 0.1) is 5.56 Å². The summed E-state index contributed by atoms with van der Waals surface area (Å²) in [4.78, 5) is 0. The lowest BCUT2D eigenvalue weighted by Gasteiger charge is -2.18. The van der Waals surface area contributed by atoms with Gasteiger partial charge in [0.1, 0.15) is 0 Å². The highest BCUT2D eigenvalue weighted by molar-refractivity contribution is 6.30. The van der Waals surface area contributed by atoms with Gasteiger partial charge >= 0.3 is 6.18 Å². The minimum atomic E-state index is -4.45. The summed E-state index contributed by atoms with van der Waals surface area (Å²) < 4.78 is 38.1. The van der Waals surface area contributed by atoms with E-state index in [9.17, 15) is 13.2 Å². The molecule has 0 bridgehead atoms. The van der Waals surface area contributed by atoms with Gasteiger partial charge in [-0.05, 0) is 30.7 Å². The average molecular weight is 289 g/mol. The van der Waals surface area contributed by atoms with Gasteiger partial charge in [-0.1, -0.05) is 17.7 Å². The van der Waals surface area contributed by atoms with Crippen molar-refractivity contribution in [2.75, 3.05) is 6.54 Å². The maximum absolute atomic E-state index is 12.7. The standard InChI is InChI=1S/C10H12ClF3N2.ClH/c11-6-1-2-7(9(16)3-4-15)8(5-6)10(12,13)14;/h1-2,5,9H,3-4,15-16H2;1H/t9-;/m1./s1. The fourth-order valence-corrected chi connectivity index (χ4v) is 1.60. The van der Waals surface area contributed by atoms with E-state index in [2.05, 4.69) is 0 Å². The van der Waals surface area contributed by atoms with Gasteiger partial charge in [0.2, 0.25) is 0 Å². The Bertz CT molecular complexity index is 369. The van der Waals surface area contributed by atoms with Crippen molar-refractivity contribution >= 4 is 24.0 Å². The van der Waals surface area contributed by atoms with Crippen LogP contribution in [0.2, 0.25) is 5.02 Å². The van der Waals surface area contributed by atoms with E-state index in [1.54, 1.807) is 0 Å². The third-order valence-electron chi connectivity index (χ3n) is 2.20. The highest BCUT2D eigenvalue weighted by Gasteiger charge is 2.34. The second kappa shape index (κ2) is 6.44. The molecule has 1 atom stereocenters. The molecular weight excluding hydrogens is 276 g/mol. The topological polar surface area (TPSA) is 52.0 Å². The number of halogens is 5. The molecule has 0 radical (unpaired) electrons. The monoisotopic (exact) mass is 288 g/mol. The first-order valence-electron chi connectivity index (χ1n) is 4.68. The maximum Gasteiger partial charge on any atom is 0.416 e. The zero-order chi connectivity index (χ0) is 12.3. The highest BCUT2D eigenvalue weighted by atomic mass is 35.5. The van der Waals surface area contributed by atoms with E-state index in [1.807, 2.05) is 0 Å². The summed E-state index contributed by atoms with van der Waals surface area (Å²) in [7, 11) is 0. The van der Waals surface area contributed by atoms with Crippen molar-refractivity contribution in [3.8, 4) is 0 Å². The Balaban J connectivity index is 0.00000256. The molecule has 4 N–H and O–H groups in total. The Labute approximate surface area is 109 Å². The van der Waals surface area contributed by atoms with E-state index in [0.717, 1.165) is 6.07 Å². The van der Waals surface area contributed by atoms with Crippen LogP contribution in [0.4, 0.5) is 13.2 Å². The number of hydrogen-bond donors (Lipinski definition) is 2. The first-order chi connectivity index (χ1) is 7.36. The third kappa shape index (κ3) is 4.35. The Morgan fingerprint density at radius 3 is 2.35 bits per heavy atom. The highest BCUT2D eigenvalue weighted by Crippen LogP contribution is 2.36. The Kier molecular flexibility index (Phi) is 6.26. The molecule has 0 saturated heterocycles. The van der Waals surface area contributed by atoms with E-state index in [4.69, 9.17) is 23.1 Å². The molecule has 0 fully saturated rings. The number of nitrogens with two attached hydrogens (primary N) is 2. The summed E-state index contributed by atoms with van der Waals surface area (Å²) in [6.45, 7) is 0.237. The minimum absolute atomic E-state index is 0. The van der Waals surface area contributed by atoms with Crippen LogP contribution in [0, 0.1) is 0 Å². The quantitative estimate of drug-likeness (QED) is 0.898. The molecule has 2 nitrogen and oxygen atoms in total. The predicted molar refractivity (Wildman–Crippen MR) is 64.3 cm³/mol. The molecule has 98 valence electrons. The van der Waals surface area contributed by atoms with Crippen molar-refractivity contribution in [2.24, 2.45) is 11.5 Å². The lowest BCUT2D eigenvalue weighted by molar-refractivity contribution is -0.138. The van der Waals surface area contributed by atoms with Crippen LogP contribution in [0.25, 0.3) is 0 Å². The lowest BCUT2D eigenvalue weighted by atomic mass is 9.98. The minimum Gasteiger partial charge on any atom is -0.330 e. The maximum atomic E-state index is 12.7. The van der Waals surface area contributed by atoms with Crippen molar-refractivity contribution < 1.29 is 13.2 Å². The van der Waals surface area contributed by atoms with Gasteiger partial charge < -0.3 is 11.5 Å². The van der Waals surface area contributed by atoms with Crippen LogP contribution in [0.3, 0.4) is 0 Å². The van der Waals surface area contributed by atoms with Crippen LogP contribution in [-0.2, 0) is 6.18 Å². The molecule has 0 heterocycles. The largest absolute Gasteiger partial charge is 0.416 e. The summed E-state index contributed by atoms with van der Waals surface area (Å²) in [6.07, 6.45) is -4.16. The van der Waals surface area contributed by atoms with Crippen LogP contribution in [-0.4, -0.2) is 6.54 Å². The molecule has 0 aromatic heterocycles. The number of hydrogen-bond acceptors (Lipinski definition) is 2. The van der Waals surface area contributed by atoms with Gasteiger partial charge in [-0.15, -0.1) is 12.4 Å². The van der Waals surface area contributed by atoms with Gasteiger partial charge in [0, 0.05) is 11.1 Å². The van der Waals surface area contributed by atoms with Gasteiger partial charge in [-0.3, -0.25) is 0 Å². The smallest absolute Gasteiger partial charge is 0.330 e. The molecular formula is C10H13Cl2F3N2. The van der Waals surface area contributed by atoms with E-state index in [-0.39, 0.29) is 29.5 Å². The van der Waals surface area contributed by atoms with Crippen LogP contribution in [0.5, 0.6) is 0 Å². The molecule has 7 heteroatoms. The Hall–Kier alpha value is -0.490. The van der Waals surface area contributed by atoms with E-state index in [0.29, 0.717) is 6.42 Å².